The van der Waals surface area contributed by atoms with Crippen molar-refractivity contribution in [3.8, 4) is 0 Å². The van der Waals surface area contributed by atoms with Gasteiger partial charge >= 0.3 is 0 Å². The summed E-state index contributed by atoms with van der Waals surface area (Å²) in [5.41, 5.74) is 2.64. The molecule has 0 saturated carbocycles. The molecule has 3 heteroatoms. The fourth-order valence-electron chi connectivity index (χ4n) is 2.44. The van der Waals surface area contributed by atoms with Crippen LogP contribution in [0.5, 0.6) is 0 Å². The van der Waals surface area contributed by atoms with Crippen molar-refractivity contribution in [2.24, 2.45) is 5.92 Å². The van der Waals surface area contributed by atoms with Gasteiger partial charge < -0.3 is 5.32 Å². The minimum atomic E-state index is 0.816. The van der Waals surface area contributed by atoms with Gasteiger partial charge in [0.1, 0.15) is 0 Å². The van der Waals surface area contributed by atoms with Gasteiger partial charge in [-0.1, -0.05) is 13.8 Å². The first-order valence-corrected chi connectivity index (χ1v) is 6.59. The number of piperidine rings is 1. The highest BCUT2D eigenvalue weighted by atomic mass is 15.3. The quantitative estimate of drug-likeness (QED) is 0.843. The second-order valence-corrected chi connectivity index (χ2v) is 4.71. The molecule has 1 saturated heterocycles. The monoisotopic (exact) mass is 221 g/mol. The van der Waals surface area contributed by atoms with Gasteiger partial charge in [-0.05, 0) is 50.8 Å². The zero-order valence-electron chi connectivity index (χ0n) is 10.5. The van der Waals surface area contributed by atoms with Crippen LogP contribution >= 0.6 is 0 Å². The maximum absolute atomic E-state index is 4.69. The van der Waals surface area contributed by atoms with E-state index in [1.807, 2.05) is 0 Å². The predicted octanol–water partition coefficient (Wildman–Crippen LogP) is 2.01. The molecule has 0 amide bonds. The average Bonchev–Trinajstić information content (AvgIpc) is 2.73. The Morgan fingerprint density at radius 2 is 2.06 bits per heavy atom. The van der Waals surface area contributed by atoms with Crippen molar-refractivity contribution < 1.29 is 0 Å². The van der Waals surface area contributed by atoms with Gasteiger partial charge in [-0.3, -0.25) is 4.68 Å². The molecule has 1 aromatic heterocycles. The Balaban J connectivity index is 2.03. The maximum atomic E-state index is 4.69. The Labute approximate surface area is 98.2 Å². The minimum absolute atomic E-state index is 0.816. The van der Waals surface area contributed by atoms with E-state index in [2.05, 4.69) is 35.0 Å². The van der Waals surface area contributed by atoms with Crippen LogP contribution in [0.4, 0.5) is 0 Å². The Hall–Kier alpha value is -0.830. The van der Waals surface area contributed by atoms with E-state index in [1.165, 1.54) is 37.3 Å². The third kappa shape index (κ3) is 2.64. The van der Waals surface area contributed by atoms with E-state index in [1.54, 1.807) is 0 Å². The molecular weight excluding hydrogens is 198 g/mol. The highest BCUT2D eigenvalue weighted by molar-refractivity contribution is 5.10. The van der Waals surface area contributed by atoms with Crippen molar-refractivity contribution in [1.82, 2.24) is 15.1 Å². The van der Waals surface area contributed by atoms with Crippen molar-refractivity contribution in [2.45, 2.75) is 46.1 Å². The first kappa shape index (κ1) is 11.6. The maximum Gasteiger partial charge on any atom is 0.0624 e. The molecule has 0 aliphatic carbocycles. The number of nitrogens with zero attached hydrogens (tertiary/aromatic N) is 2. The summed E-state index contributed by atoms with van der Waals surface area (Å²) < 4.78 is 2.24. The zero-order chi connectivity index (χ0) is 11.4. The fourth-order valence-corrected chi connectivity index (χ4v) is 2.44. The molecule has 3 nitrogen and oxygen atoms in total. The summed E-state index contributed by atoms with van der Waals surface area (Å²) in [5, 5.41) is 8.11. The van der Waals surface area contributed by atoms with E-state index in [0.717, 1.165) is 25.3 Å². The summed E-state index contributed by atoms with van der Waals surface area (Å²) in [5.74, 6) is 0.816. The SMILES string of the molecule is CCc1cc(CC)n(CC2CCNCC2)n1. The van der Waals surface area contributed by atoms with Crippen LogP contribution in [0, 0.1) is 5.92 Å². The lowest BCUT2D eigenvalue weighted by Gasteiger charge is -2.23. The molecule has 2 heterocycles. The number of aromatic nitrogens is 2. The number of hydrogen-bond donors (Lipinski definition) is 1. The number of hydrogen-bond acceptors (Lipinski definition) is 2. The largest absolute Gasteiger partial charge is 0.317 e. The summed E-state index contributed by atoms with van der Waals surface area (Å²) in [6.45, 7) is 7.86. The third-order valence-electron chi connectivity index (χ3n) is 3.53. The van der Waals surface area contributed by atoms with Gasteiger partial charge in [0, 0.05) is 12.2 Å². The van der Waals surface area contributed by atoms with Gasteiger partial charge in [0.25, 0.3) is 0 Å². The van der Waals surface area contributed by atoms with E-state index in [-0.39, 0.29) is 0 Å². The smallest absolute Gasteiger partial charge is 0.0624 e. The number of rotatable bonds is 4. The Morgan fingerprint density at radius 3 is 2.69 bits per heavy atom. The fraction of sp³-hybridized carbons (Fsp3) is 0.769. The van der Waals surface area contributed by atoms with Crippen LogP contribution in [0.3, 0.4) is 0 Å². The van der Waals surface area contributed by atoms with Gasteiger partial charge in [-0.2, -0.15) is 5.10 Å². The molecule has 0 spiro atoms. The van der Waals surface area contributed by atoms with Crippen LogP contribution in [-0.4, -0.2) is 22.9 Å². The molecule has 2 rings (SSSR count). The van der Waals surface area contributed by atoms with Crippen molar-refractivity contribution in [1.29, 1.82) is 0 Å². The molecule has 1 aromatic rings. The summed E-state index contributed by atoms with van der Waals surface area (Å²) in [6.07, 6.45) is 4.74. The van der Waals surface area contributed by atoms with Crippen LogP contribution in [-0.2, 0) is 19.4 Å². The average molecular weight is 221 g/mol. The van der Waals surface area contributed by atoms with E-state index in [4.69, 9.17) is 0 Å². The van der Waals surface area contributed by atoms with Gasteiger partial charge in [-0.25, -0.2) is 0 Å². The highest BCUT2D eigenvalue weighted by Crippen LogP contribution is 2.16. The molecule has 0 aromatic carbocycles. The van der Waals surface area contributed by atoms with Crippen molar-refractivity contribution in [3.63, 3.8) is 0 Å². The standard InChI is InChI=1S/C13H23N3/c1-3-12-9-13(4-2)16(15-12)10-11-5-7-14-8-6-11/h9,11,14H,3-8,10H2,1-2H3. The van der Waals surface area contributed by atoms with Crippen LogP contribution in [0.2, 0.25) is 0 Å². The molecule has 1 fully saturated rings. The van der Waals surface area contributed by atoms with Gasteiger partial charge in [0.2, 0.25) is 0 Å². The van der Waals surface area contributed by atoms with E-state index >= 15 is 0 Å². The van der Waals surface area contributed by atoms with Crippen LogP contribution in [0.15, 0.2) is 6.07 Å². The second-order valence-electron chi connectivity index (χ2n) is 4.71. The molecule has 0 unspecified atom stereocenters. The summed E-state index contributed by atoms with van der Waals surface area (Å²) in [6, 6.07) is 2.26. The van der Waals surface area contributed by atoms with Crippen LogP contribution < -0.4 is 5.32 Å². The highest BCUT2D eigenvalue weighted by Gasteiger charge is 2.15. The molecule has 1 N–H and O–H groups in total. The van der Waals surface area contributed by atoms with E-state index in [9.17, 15) is 0 Å². The summed E-state index contributed by atoms with van der Waals surface area (Å²) in [4.78, 5) is 0. The number of nitrogens with one attached hydrogen (secondary N) is 1. The first-order valence-electron chi connectivity index (χ1n) is 6.59. The lowest BCUT2D eigenvalue weighted by atomic mass is 9.98. The summed E-state index contributed by atoms with van der Waals surface area (Å²) >= 11 is 0. The van der Waals surface area contributed by atoms with E-state index in [0.29, 0.717) is 0 Å². The molecule has 16 heavy (non-hydrogen) atoms. The van der Waals surface area contributed by atoms with Crippen LogP contribution in [0.25, 0.3) is 0 Å². The van der Waals surface area contributed by atoms with Gasteiger partial charge in [0.15, 0.2) is 0 Å². The van der Waals surface area contributed by atoms with Crippen LogP contribution in [0.1, 0.15) is 38.1 Å². The third-order valence-corrected chi connectivity index (χ3v) is 3.53. The van der Waals surface area contributed by atoms with Gasteiger partial charge in [0.05, 0.1) is 5.69 Å². The topological polar surface area (TPSA) is 29.9 Å². The lowest BCUT2D eigenvalue weighted by molar-refractivity contribution is 0.317. The molecule has 0 atom stereocenters. The lowest BCUT2D eigenvalue weighted by Crippen LogP contribution is -2.30. The van der Waals surface area contributed by atoms with E-state index < -0.39 is 0 Å². The molecule has 0 bridgehead atoms. The molecule has 90 valence electrons. The Bertz CT molecular complexity index is 324. The zero-order valence-corrected chi connectivity index (χ0v) is 10.5. The summed E-state index contributed by atoms with van der Waals surface area (Å²) in [7, 11) is 0. The Kier molecular flexibility index (Phi) is 3.99. The first-order chi connectivity index (χ1) is 7.83. The normalized spacial score (nSPS) is 17.9. The molecule has 1 aliphatic heterocycles. The van der Waals surface area contributed by atoms with Crippen molar-refractivity contribution in [3.05, 3.63) is 17.5 Å². The predicted molar refractivity (Wildman–Crippen MR) is 66.6 cm³/mol. The Morgan fingerprint density at radius 1 is 1.31 bits per heavy atom. The molecule has 0 radical (unpaired) electrons. The van der Waals surface area contributed by atoms with Crippen molar-refractivity contribution in [2.75, 3.05) is 13.1 Å². The molecular formula is C13H23N3. The second kappa shape index (κ2) is 5.48. The molecule has 1 aliphatic rings. The minimum Gasteiger partial charge on any atom is -0.317 e. The van der Waals surface area contributed by atoms with Gasteiger partial charge in [-0.15, -0.1) is 0 Å². The number of aryl methyl sites for hydroxylation is 2. The van der Waals surface area contributed by atoms with Crippen molar-refractivity contribution >= 4 is 0 Å².